The maximum atomic E-state index is 3.32. The van der Waals surface area contributed by atoms with Crippen molar-refractivity contribution in [3.05, 3.63) is 22.9 Å². The lowest BCUT2D eigenvalue weighted by molar-refractivity contribution is 0.807. The number of hydrogen-bond acceptors (Lipinski definition) is 1. The molecule has 0 radical (unpaired) electrons. The van der Waals surface area contributed by atoms with E-state index in [1.54, 1.807) is 0 Å². The Balaban J connectivity index is 2.80. The molecule has 1 N–H and O–H groups in total. The zero-order valence-electron chi connectivity index (χ0n) is 6.99. The fraction of sp³-hybridized carbons (Fsp3) is 0.556. The largest absolute Gasteiger partial charge is 0.385 e. The first-order valence-electron chi connectivity index (χ1n) is 3.85. The van der Waals surface area contributed by atoms with Gasteiger partial charge >= 0.3 is 0 Å². The van der Waals surface area contributed by atoms with Crippen molar-refractivity contribution in [2.24, 2.45) is 0 Å². The van der Waals surface area contributed by atoms with Crippen LogP contribution >= 0.6 is 0 Å². The maximum absolute atomic E-state index is 3.32. The number of rotatable bonds is 1. The second-order valence-electron chi connectivity index (χ2n) is 2.82. The third-order valence-corrected chi connectivity index (χ3v) is 2.00. The van der Waals surface area contributed by atoms with Crippen LogP contribution in [0.1, 0.15) is 27.2 Å². The van der Waals surface area contributed by atoms with E-state index in [1.165, 1.54) is 23.3 Å². The van der Waals surface area contributed by atoms with Crippen molar-refractivity contribution in [3.63, 3.8) is 0 Å². The molecule has 0 amide bonds. The van der Waals surface area contributed by atoms with Gasteiger partial charge in [-0.15, -0.1) is 0 Å². The van der Waals surface area contributed by atoms with Gasteiger partial charge in [-0.25, -0.2) is 0 Å². The van der Waals surface area contributed by atoms with Crippen molar-refractivity contribution < 1.29 is 0 Å². The van der Waals surface area contributed by atoms with Crippen LogP contribution in [0.5, 0.6) is 0 Å². The molecule has 0 atom stereocenters. The van der Waals surface area contributed by atoms with Gasteiger partial charge in [0.1, 0.15) is 0 Å². The number of nitrogens with one attached hydrogen (secondary N) is 1. The Kier molecular flexibility index (Phi) is 2.15. The number of dihydropyridines is 1. The highest BCUT2D eigenvalue weighted by Crippen LogP contribution is 2.14. The first-order valence-corrected chi connectivity index (χ1v) is 3.85. The minimum absolute atomic E-state index is 1.05. The summed E-state index contributed by atoms with van der Waals surface area (Å²) >= 11 is 0. The van der Waals surface area contributed by atoms with E-state index in [9.17, 15) is 0 Å². The van der Waals surface area contributed by atoms with Gasteiger partial charge in [0.2, 0.25) is 0 Å². The lowest BCUT2D eigenvalue weighted by Crippen LogP contribution is -2.19. The fourth-order valence-corrected chi connectivity index (χ4v) is 1.27. The molecule has 56 valence electrons. The van der Waals surface area contributed by atoms with Crippen LogP contribution in [0.4, 0.5) is 0 Å². The van der Waals surface area contributed by atoms with E-state index >= 15 is 0 Å². The molecule has 0 aliphatic carbocycles. The summed E-state index contributed by atoms with van der Waals surface area (Å²) in [6.07, 6.45) is 3.38. The molecule has 1 heterocycles. The predicted octanol–water partition coefficient (Wildman–Crippen LogP) is 2.22. The highest BCUT2D eigenvalue weighted by Gasteiger charge is 2.03. The van der Waals surface area contributed by atoms with Gasteiger partial charge < -0.3 is 5.32 Å². The summed E-state index contributed by atoms with van der Waals surface area (Å²) in [6, 6.07) is 0. The molecule has 1 nitrogen and oxygen atoms in total. The van der Waals surface area contributed by atoms with E-state index in [4.69, 9.17) is 0 Å². The minimum Gasteiger partial charge on any atom is -0.385 e. The molecular formula is C9H15N. The lowest BCUT2D eigenvalue weighted by Gasteiger charge is -2.16. The van der Waals surface area contributed by atoms with E-state index in [2.05, 4.69) is 32.2 Å². The Bertz CT molecular complexity index is 187. The van der Waals surface area contributed by atoms with Crippen LogP contribution in [0, 0.1) is 0 Å². The van der Waals surface area contributed by atoms with Gasteiger partial charge in [0.25, 0.3) is 0 Å². The molecule has 10 heavy (non-hydrogen) atoms. The van der Waals surface area contributed by atoms with Gasteiger partial charge in [-0.1, -0.05) is 6.92 Å². The quantitative estimate of drug-likeness (QED) is 0.584. The topological polar surface area (TPSA) is 12.0 Å². The van der Waals surface area contributed by atoms with E-state index in [1.807, 2.05) is 0 Å². The molecule has 0 spiro atoms. The predicted molar refractivity (Wildman–Crippen MR) is 44.8 cm³/mol. The van der Waals surface area contributed by atoms with E-state index < -0.39 is 0 Å². The summed E-state index contributed by atoms with van der Waals surface area (Å²) in [6.45, 7) is 7.54. The van der Waals surface area contributed by atoms with Crippen molar-refractivity contribution in [2.45, 2.75) is 27.2 Å². The van der Waals surface area contributed by atoms with Crippen molar-refractivity contribution in [1.29, 1.82) is 0 Å². The maximum Gasteiger partial charge on any atom is 0.0362 e. The van der Waals surface area contributed by atoms with Gasteiger partial charge in [0, 0.05) is 12.2 Å². The Labute approximate surface area is 62.8 Å². The molecule has 0 fully saturated rings. The molecule has 1 aliphatic rings. The highest BCUT2D eigenvalue weighted by molar-refractivity contribution is 5.31. The Morgan fingerprint density at radius 1 is 1.50 bits per heavy atom. The van der Waals surface area contributed by atoms with Gasteiger partial charge in [-0.3, -0.25) is 0 Å². The zero-order valence-corrected chi connectivity index (χ0v) is 6.99. The Morgan fingerprint density at radius 3 is 2.70 bits per heavy atom. The van der Waals surface area contributed by atoms with Crippen LogP contribution in [-0.4, -0.2) is 6.54 Å². The zero-order chi connectivity index (χ0) is 7.56. The van der Waals surface area contributed by atoms with Crippen LogP contribution < -0.4 is 5.32 Å². The summed E-state index contributed by atoms with van der Waals surface area (Å²) in [4.78, 5) is 0. The second kappa shape index (κ2) is 2.91. The normalized spacial score (nSPS) is 18.5. The first kappa shape index (κ1) is 7.39. The molecule has 0 aromatic rings. The summed E-state index contributed by atoms with van der Waals surface area (Å²) in [5, 5.41) is 3.32. The monoisotopic (exact) mass is 137 g/mol. The minimum atomic E-state index is 1.05. The molecule has 0 unspecified atom stereocenters. The van der Waals surface area contributed by atoms with Crippen LogP contribution in [0.25, 0.3) is 0 Å². The molecule has 1 aliphatic heterocycles. The van der Waals surface area contributed by atoms with E-state index in [0.717, 1.165) is 6.54 Å². The van der Waals surface area contributed by atoms with E-state index in [0.29, 0.717) is 0 Å². The molecule has 0 saturated heterocycles. The van der Waals surface area contributed by atoms with Gasteiger partial charge in [0.15, 0.2) is 0 Å². The third kappa shape index (κ3) is 1.41. The third-order valence-electron chi connectivity index (χ3n) is 2.00. The first-order chi connectivity index (χ1) is 4.74. The van der Waals surface area contributed by atoms with Crippen molar-refractivity contribution >= 4 is 0 Å². The highest BCUT2D eigenvalue weighted by atomic mass is 14.9. The average Bonchev–Trinajstić information content (AvgIpc) is 1.88. The average molecular weight is 137 g/mol. The van der Waals surface area contributed by atoms with Crippen LogP contribution in [0.15, 0.2) is 22.9 Å². The molecule has 0 saturated carbocycles. The number of hydrogen-bond donors (Lipinski definition) is 1. The summed E-state index contributed by atoms with van der Waals surface area (Å²) in [5.74, 6) is 0. The van der Waals surface area contributed by atoms with Gasteiger partial charge in [-0.05, 0) is 37.5 Å². The van der Waals surface area contributed by atoms with Gasteiger partial charge in [-0.2, -0.15) is 0 Å². The molecule has 1 heteroatoms. The van der Waals surface area contributed by atoms with Crippen molar-refractivity contribution in [2.75, 3.05) is 6.54 Å². The van der Waals surface area contributed by atoms with Crippen LogP contribution in [-0.2, 0) is 0 Å². The fourth-order valence-electron chi connectivity index (χ4n) is 1.27. The SMILES string of the molecule is CCC1=C(C)C=C(C)NC1. The molecule has 0 aromatic heterocycles. The molecule has 1 rings (SSSR count). The van der Waals surface area contributed by atoms with Gasteiger partial charge in [0.05, 0.1) is 0 Å². The molecular weight excluding hydrogens is 122 g/mol. The van der Waals surface area contributed by atoms with E-state index in [-0.39, 0.29) is 0 Å². The standard InChI is InChI=1S/C9H15N/c1-4-9-6-10-8(3)5-7(9)2/h5,10H,4,6H2,1-3H3. The Hall–Kier alpha value is -0.720. The summed E-state index contributed by atoms with van der Waals surface area (Å²) < 4.78 is 0. The smallest absolute Gasteiger partial charge is 0.0362 e. The number of allylic oxidation sites excluding steroid dienone is 3. The Morgan fingerprint density at radius 2 is 2.20 bits per heavy atom. The van der Waals surface area contributed by atoms with Crippen LogP contribution in [0.2, 0.25) is 0 Å². The molecule has 0 aromatic carbocycles. The van der Waals surface area contributed by atoms with Crippen molar-refractivity contribution in [3.8, 4) is 0 Å². The van der Waals surface area contributed by atoms with Crippen LogP contribution in [0.3, 0.4) is 0 Å². The summed E-state index contributed by atoms with van der Waals surface area (Å²) in [7, 11) is 0. The second-order valence-corrected chi connectivity index (χ2v) is 2.82. The molecule has 0 bridgehead atoms. The summed E-state index contributed by atoms with van der Waals surface area (Å²) in [5.41, 5.74) is 4.26. The lowest BCUT2D eigenvalue weighted by atomic mass is 10.0. The van der Waals surface area contributed by atoms with Crippen molar-refractivity contribution in [1.82, 2.24) is 5.32 Å².